The van der Waals surface area contributed by atoms with Crippen molar-refractivity contribution in [1.82, 2.24) is 15.2 Å². The van der Waals surface area contributed by atoms with Crippen molar-refractivity contribution in [3.8, 4) is 5.75 Å². The van der Waals surface area contributed by atoms with Gasteiger partial charge in [0, 0.05) is 6.20 Å². The molecule has 8 nitrogen and oxygen atoms in total. The molecular weight excluding hydrogens is 372 g/mol. The molecular formula is C21H24N4O4. The van der Waals surface area contributed by atoms with Crippen molar-refractivity contribution in [3.05, 3.63) is 53.2 Å². The molecule has 0 saturated carbocycles. The summed E-state index contributed by atoms with van der Waals surface area (Å²) >= 11 is 0. The Hall–Kier alpha value is -3.42. The number of nitrogens with one attached hydrogen (secondary N) is 2. The lowest BCUT2D eigenvalue weighted by Crippen LogP contribution is -2.44. The van der Waals surface area contributed by atoms with E-state index in [9.17, 15) is 14.4 Å². The van der Waals surface area contributed by atoms with Crippen LogP contribution in [0.3, 0.4) is 0 Å². The predicted molar refractivity (Wildman–Crippen MR) is 108 cm³/mol. The average Bonchev–Trinajstić information content (AvgIpc) is 2.93. The number of amides is 4. The Labute approximate surface area is 169 Å². The van der Waals surface area contributed by atoms with Crippen LogP contribution in [0.15, 0.2) is 36.5 Å². The number of hydrogen-bond donors (Lipinski definition) is 2. The van der Waals surface area contributed by atoms with E-state index in [-0.39, 0.29) is 0 Å². The molecule has 2 heterocycles. The molecule has 1 saturated heterocycles. The van der Waals surface area contributed by atoms with E-state index in [1.807, 2.05) is 26.8 Å². The second kappa shape index (κ2) is 7.90. The van der Waals surface area contributed by atoms with Crippen LogP contribution in [0.5, 0.6) is 5.75 Å². The molecule has 4 amide bonds. The first-order valence-corrected chi connectivity index (χ1v) is 9.32. The highest BCUT2D eigenvalue weighted by atomic mass is 16.5. The molecule has 2 aromatic rings. The Morgan fingerprint density at radius 1 is 1.24 bits per heavy atom. The molecule has 1 aromatic carbocycles. The van der Waals surface area contributed by atoms with Crippen LogP contribution in [0, 0.1) is 13.8 Å². The smallest absolute Gasteiger partial charge is 0.325 e. The van der Waals surface area contributed by atoms with Crippen molar-refractivity contribution in [3.63, 3.8) is 0 Å². The van der Waals surface area contributed by atoms with Gasteiger partial charge in [-0.25, -0.2) is 9.78 Å². The lowest BCUT2D eigenvalue weighted by atomic mass is 9.86. The number of nitrogens with zero attached hydrogens (tertiary/aromatic N) is 2. The van der Waals surface area contributed by atoms with E-state index in [0.29, 0.717) is 23.6 Å². The number of carbonyl (C=O) groups excluding carboxylic acids is 3. The zero-order valence-corrected chi connectivity index (χ0v) is 16.9. The number of methoxy groups -OCH3 is 1. The van der Waals surface area contributed by atoms with Crippen LogP contribution in [0.4, 0.5) is 10.6 Å². The topological polar surface area (TPSA) is 101 Å². The number of urea groups is 1. The van der Waals surface area contributed by atoms with Crippen LogP contribution in [0.25, 0.3) is 0 Å². The average molecular weight is 396 g/mol. The first kappa shape index (κ1) is 20.3. The van der Waals surface area contributed by atoms with Crippen LogP contribution < -0.4 is 15.4 Å². The SMILES string of the molecule is CCC1(c2ccc(OC)c(C)c2)NC(=O)N(CC(=O)Nc2cc(C)ccn2)C1=O. The number of ether oxygens (including phenoxy) is 1. The molecule has 2 N–H and O–H groups in total. The third-order valence-electron chi connectivity index (χ3n) is 5.08. The molecule has 0 bridgehead atoms. The number of aryl methyl sites for hydroxylation is 2. The number of anilines is 1. The van der Waals surface area contributed by atoms with Crippen LogP contribution in [-0.2, 0) is 15.1 Å². The molecule has 0 spiro atoms. The van der Waals surface area contributed by atoms with Crippen LogP contribution in [0.2, 0.25) is 0 Å². The van der Waals surface area contributed by atoms with Crippen molar-refractivity contribution in [2.45, 2.75) is 32.7 Å². The molecule has 1 atom stereocenters. The van der Waals surface area contributed by atoms with Gasteiger partial charge in [-0.2, -0.15) is 0 Å². The van der Waals surface area contributed by atoms with E-state index in [1.54, 1.807) is 37.6 Å². The molecule has 8 heteroatoms. The van der Waals surface area contributed by atoms with Gasteiger partial charge >= 0.3 is 6.03 Å². The highest BCUT2D eigenvalue weighted by molar-refractivity contribution is 6.10. The minimum Gasteiger partial charge on any atom is -0.496 e. The molecule has 152 valence electrons. The highest BCUT2D eigenvalue weighted by Crippen LogP contribution is 2.34. The van der Waals surface area contributed by atoms with E-state index in [0.717, 1.165) is 16.0 Å². The Kier molecular flexibility index (Phi) is 5.54. The van der Waals surface area contributed by atoms with Crippen molar-refractivity contribution < 1.29 is 19.1 Å². The molecule has 29 heavy (non-hydrogen) atoms. The standard InChI is InChI=1S/C21H24N4O4/c1-5-21(15-6-7-16(29-4)14(3)11-15)19(27)25(20(28)24-21)12-18(26)23-17-10-13(2)8-9-22-17/h6-11H,5,12H2,1-4H3,(H,24,28)(H,22,23,26). The number of pyridine rings is 1. The summed E-state index contributed by atoms with van der Waals surface area (Å²) in [5.74, 6) is 0.111. The Morgan fingerprint density at radius 2 is 2.00 bits per heavy atom. The fourth-order valence-electron chi connectivity index (χ4n) is 3.48. The van der Waals surface area contributed by atoms with Crippen molar-refractivity contribution in [2.24, 2.45) is 0 Å². The summed E-state index contributed by atoms with van der Waals surface area (Å²) in [6, 6.07) is 8.26. The summed E-state index contributed by atoms with van der Waals surface area (Å²) in [7, 11) is 1.57. The molecule has 0 aliphatic carbocycles. The third-order valence-corrected chi connectivity index (χ3v) is 5.08. The number of benzene rings is 1. The van der Waals surface area contributed by atoms with Gasteiger partial charge in [0.25, 0.3) is 5.91 Å². The minimum atomic E-state index is -1.21. The molecule has 1 unspecified atom stereocenters. The van der Waals surface area contributed by atoms with E-state index < -0.39 is 29.9 Å². The highest BCUT2D eigenvalue weighted by Gasteiger charge is 2.51. The first-order chi connectivity index (χ1) is 13.8. The molecule has 1 aliphatic heterocycles. The van der Waals surface area contributed by atoms with Crippen LogP contribution in [-0.4, -0.2) is 41.4 Å². The summed E-state index contributed by atoms with van der Waals surface area (Å²) in [4.78, 5) is 43.2. The minimum absolute atomic E-state index is 0.348. The molecule has 1 aromatic heterocycles. The summed E-state index contributed by atoms with van der Waals surface area (Å²) in [6.07, 6.45) is 1.92. The van der Waals surface area contributed by atoms with Gasteiger partial charge in [0.1, 0.15) is 23.7 Å². The molecule has 3 rings (SSSR count). The normalized spacial score (nSPS) is 18.6. The summed E-state index contributed by atoms with van der Waals surface area (Å²) in [6.45, 7) is 5.17. The molecule has 0 radical (unpaired) electrons. The largest absolute Gasteiger partial charge is 0.496 e. The van der Waals surface area contributed by atoms with Gasteiger partial charge in [0.15, 0.2) is 0 Å². The predicted octanol–water partition coefficient (Wildman–Crippen LogP) is 2.50. The van der Waals surface area contributed by atoms with E-state index >= 15 is 0 Å². The van der Waals surface area contributed by atoms with Gasteiger partial charge in [0.2, 0.25) is 5.91 Å². The van der Waals surface area contributed by atoms with Crippen LogP contribution in [0.1, 0.15) is 30.0 Å². The third kappa shape index (κ3) is 3.78. The van der Waals surface area contributed by atoms with E-state index in [2.05, 4.69) is 15.6 Å². The summed E-state index contributed by atoms with van der Waals surface area (Å²) in [5, 5.41) is 5.40. The first-order valence-electron chi connectivity index (χ1n) is 9.32. The van der Waals surface area contributed by atoms with Gasteiger partial charge in [-0.15, -0.1) is 0 Å². The maximum absolute atomic E-state index is 13.2. The number of imide groups is 1. The number of aromatic nitrogens is 1. The second-order valence-electron chi connectivity index (χ2n) is 7.03. The fourth-order valence-corrected chi connectivity index (χ4v) is 3.48. The maximum atomic E-state index is 13.2. The number of rotatable bonds is 6. The number of carbonyl (C=O) groups is 3. The van der Waals surface area contributed by atoms with Crippen LogP contribution >= 0.6 is 0 Å². The zero-order chi connectivity index (χ0) is 21.2. The van der Waals surface area contributed by atoms with Gasteiger partial charge in [-0.3, -0.25) is 14.5 Å². The quantitative estimate of drug-likeness (QED) is 0.731. The zero-order valence-electron chi connectivity index (χ0n) is 16.9. The van der Waals surface area contributed by atoms with Crippen molar-refractivity contribution in [2.75, 3.05) is 19.0 Å². The Balaban J connectivity index is 1.82. The maximum Gasteiger partial charge on any atom is 0.325 e. The van der Waals surface area contributed by atoms with Gasteiger partial charge in [-0.05, 0) is 61.2 Å². The van der Waals surface area contributed by atoms with Crippen molar-refractivity contribution >= 4 is 23.7 Å². The Morgan fingerprint density at radius 3 is 2.62 bits per heavy atom. The Bertz CT molecular complexity index is 975. The summed E-state index contributed by atoms with van der Waals surface area (Å²) < 4.78 is 5.27. The van der Waals surface area contributed by atoms with Gasteiger partial charge < -0.3 is 15.4 Å². The van der Waals surface area contributed by atoms with Gasteiger partial charge in [0.05, 0.1) is 7.11 Å². The summed E-state index contributed by atoms with van der Waals surface area (Å²) in [5.41, 5.74) is 1.22. The van der Waals surface area contributed by atoms with E-state index in [4.69, 9.17) is 4.74 Å². The second-order valence-corrected chi connectivity index (χ2v) is 7.03. The lowest BCUT2D eigenvalue weighted by Gasteiger charge is -2.26. The lowest BCUT2D eigenvalue weighted by molar-refractivity contribution is -0.134. The number of hydrogen-bond acceptors (Lipinski definition) is 5. The van der Waals surface area contributed by atoms with Crippen molar-refractivity contribution in [1.29, 1.82) is 0 Å². The molecule has 1 aliphatic rings. The fraction of sp³-hybridized carbons (Fsp3) is 0.333. The monoisotopic (exact) mass is 396 g/mol. The van der Waals surface area contributed by atoms with Gasteiger partial charge in [-0.1, -0.05) is 13.0 Å². The molecule has 1 fully saturated rings. The van der Waals surface area contributed by atoms with E-state index in [1.165, 1.54) is 0 Å².